The molecule has 3 nitrogen and oxygen atoms in total. The van der Waals surface area contributed by atoms with Gasteiger partial charge in [-0.05, 0) is 30.7 Å². The highest BCUT2D eigenvalue weighted by atomic mass is 19.1. The zero-order valence-electron chi connectivity index (χ0n) is 11.3. The molecule has 4 heteroatoms. The Bertz CT molecular complexity index is 666. The van der Waals surface area contributed by atoms with Crippen molar-refractivity contribution in [2.45, 2.75) is 13.0 Å². The van der Waals surface area contributed by atoms with Crippen LogP contribution in [0.2, 0.25) is 0 Å². The van der Waals surface area contributed by atoms with Crippen LogP contribution in [0.25, 0.3) is 0 Å². The Balaban J connectivity index is 2.03. The minimum Gasteiger partial charge on any atom is -0.369 e. The van der Waals surface area contributed by atoms with Gasteiger partial charge in [0, 0.05) is 11.3 Å². The van der Waals surface area contributed by atoms with E-state index in [-0.39, 0.29) is 11.9 Å². The van der Waals surface area contributed by atoms with Gasteiger partial charge in [-0.15, -0.1) is 0 Å². The van der Waals surface area contributed by atoms with Gasteiger partial charge < -0.3 is 10.6 Å². The van der Waals surface area contributed by atoms with E-state index < -0.39 is 0 Å². The third-order valence-electron chi connectivity index (χ3n) is 3.53. The number of benzene rings is 2. The van der Waals surface area contributed by atoms with Crippen LogP contribution in [0.1, 0.15) is 17.2 Å². The fraction of sp³-hybridized carbons (Fsp3) is 0.188. The highest BCUT2D eigenvalue weighted by Crippen LogP contribution is 2.32. The van der Waals surface area contributed by atoms with E-state index in [1.54, 1.807) is 12.1 Å². The summed E-state index contributed by atoms with van der Waals surface area (Å²) < 4.78 is 14.0. The van der Waals surface area contributed by atoms with Gasteiger partial charge in [0.1, 0.15) is 5.82 Å². The first-order chi connectivity index (χ1) is 9.66. The summed E-state index contributed by atoms with van der Waals surface area (Å²) in [7, 11) is 0. The second-order valence-electron chi connectivity index (χ2n) is 4.95. The van der Waals surface area contributed by atoms with E-state index in [4.69, 9.17) is 5.73 Å². The summed E-state index contributed by atoms with van der Waals surface area (Å²) in [5, 5.41) is 0. The summed E-state index contributed by atoms with van der Waals surface area (Å²) in [5.74, 6) is 0.212. The minimum atomic E-state index is -0.222. The Hall–Kier alpha value is -2.36. The van der Waals surface area contributed by atoms with Gasteiger partial charge in [-0.25, -0.2) is 4.39 Å². The van der Waals surface area contributed by atoms with Crippen LogP contribution in [0.15, 0.2) is 53.5 Å². The molecule has 102 valence electrons. The average molecular weight is 269 g/mol. The molecule has 0 aliphatic carbocycles. The molecular weight excluding hydrogens is 253 g/mol. The summed E-state index contributed by atoms with van der Waals surface area (Å²) in [4.78, 5) is 6.17. The number of halogens is 1. The summed E-state index contributed by atoms with van der Waals surface area (Å²) in [6.07, 6.45) is 0. The molecule has 0 saturated heterocycles. The molecule has 3 rings (SSSR count). The molecular formula is C16H16FN3. The predicted molar refractivity (Wildman–Crippen MR) is 79.3 cm³/mol. The van der Waals surface area contributed by atoms with Crippen LogP contribution < -0.4 is 10.6 Å². The standard InChI is InChI=1S/C16H16FN3/c1-11-5-4-6-12(9-11)20-15(10-19-16(20)18)13-7-2-3-8-14(13)17/h2-9,15H,10H2,1H3,(H2,18,19). The van der Waals surface area contributed by atoms with E-state index in [1.807, 2.05) is 42.2 Å². The maximum Gasteiger partial charge on any atom is 0.196 e. The van der Waals surface area contributed by atoms with Crippen LogP contribution in [0, 0.1) is 12.7 Å². The molecule has 1 unspecified atom stereocenters. The molecule has 0 amide bonds. The number of hydrogen-bond donors (Lipinski definition) is 1. The summed E-state index contributed by atoms with van der Waals surface area (Å²) in [5.41, 5.74) is 8.69. The van der Waals surface area contributed by atoms with Gasteiger partial charge in [0.2, 0.25) is 0 Å². The van der Waals surface area contributed by atoms with E-state index in [0.29, 0.717) is 18.1 Å². The molecule has 0 saturated carbocycles. The van der Waals surface area contributed by atoms with Crippen LogP contribution >= 0.6 is 0 Å². The van der Waals surface area contributed by atoms with E-state index >= 15 is 0 Å². The van der Waals surface area contributed by atoms with Gasteiger partial charge in [-0.1, -0.05) is 30.3 Å². The first kappa shape index (κ1) is 12.7. The molecule has 20 heavy (non-hydrogen) atoms. The van der Waals surface area contributed by atoms with E-state index in [1.165, 1.54) is 6.07 Å². The molecule has 0 spiro atoms. The molecule has 0 fully saturated rings. The van der Waals surface area contributed by atoms with Gasteiger partial charge in [0.25, 0.3) is 0 Å². The minimum absolute atomic E-state index is 0.182. The topological polar surface area (TPSA) is 41.6 Å². The Morgan fingerprint density at radius 1 is 1.20 bits per heavy atom. The Kier molecular flexibility index (Phi) is 3.14. The summed E-state index contributed by atoms with van der Waals surface area (Å²) in [6, 6.07) is 14.6. The number of aliphatic imine (C=N–C) groups is 1. The van der Waals surface area contributed by atoms with Crippen molar-refractivity contribution in [3.05, 3.63) is 65.5 Å². The first-order valence-corrected chi connectivity index (χ1v) is 6.57. The van der Waals surface area contributed by atoms with Crippen molar-refractivity contribution < 1.29 is 4.39 Å². The van der Waals surface area contributed by atoms with Crippen molar-refractivity contribution in [1.82, 2.24) is 0 Å². The van der Waals surface area contributed by atoms with Crippen molar-refractivity contribution in [3.63, 3.8) is 0 Å². The SMILES string of the molecule is Cc1cccc(N2C(N)=NCC2c2ccccc2F)c1. The third kappa shape index (κ3) is 2.13. The number of nitrogens with zero attached hydrogens (tertiary/aromatic N) is 2. The van der Waals surface area contributed by atoms with Crippen LogP contribution in [0.3, 0.4) is 0 Å². The van der Waals surface area contributed by atoms with E-state index in [2.05, 4.69) is 4.99 Å². The van der Waals surface area contributed by atoms with Crippen LogP contribution in [-0.2, 0) is 0 Å². The lowest BCUT2D eigenvalue weighted by molar-refractivity contribution is 0.589. The summed E-state index contributed by atoms with van der Waals surface area (Å²) in [6.45, 7) is 2.49. The number of rotatable bonds is 2. The number of nitrogens with two attached hydrogens (primary N) is 1. The average Bonchev–Trinajstić information content (AvgIpc) is 2.81. The van der Waals surface area contributed by atoms with Crippen LogP contribution in [0.4, 0.5) is 10.1 Å². The quantitative estimate of drug-likeness (QED) is 0.910. The first-order valence-electron chi connectivity index (χ1n) is 6.57. The molecule has 1 heterocycles. The van der Waals surface area contributed by atoms with Gasteiger partial charge in [-0.3, -0.25) is 4.99 Å². The molecule has 1 aliphatic heterocycles. The van der Waals surface area contributed by atoms with Crippen molar-refractivity contribution in [2.24, 2.45) is 10.7 Å². The Labute approximate surface area is 117 Å². The zero-order valence-corrected chi connectivity index (χ0v) is 11.3. The number of aryl methyl sites for hydroxylation is 1. The fourth-order valence-corrected chi connectivity index (χ4v) is 2.57. The number of hydrogen-bond acceptors (Lipinski definition) is 3. The molecule has 2 N–H and O–H groups in total. The van der Waals surface area contributed by atoms with E-state index in [0.717, 1.165) is 11.3 Å². The molecule has 0 bridgehead atoms. The van der Waals surface area contributed by atoms with Gasteiger partial charge in [-0.2, -0.15) is 0 Å². The second-order valence-corrected chi connectivity index (χ2v) is 4.95. The Morgan fingerprint density at radius 2 is 2.00 bits per heavy atom. The molecule has 2 aromatic carbocycles. The smallest absolute Gasteiger partial charge is 0.196 e. The van der Waals surface area contributed by atoms with Gasteiger partial charge >= 0.3 is 0 Å². The second kappa shape index (κ2) is 4.96. The fourth-order valence-electron chi connectivity index (χ4n) is 2.57. The maximum atomic E-state index is 14.0. The normalized spacial score (nSPS) is 18.2. The van der Waals surface area contributed by atoms with Crippen molar-refractivity contribution in [2.75, 3.05) is 11.4 Å². The molecule has 1 atom stereocenters. The predicted octanol–water partition coefficient (Wildman–Crippen LogP) is 3.01. The highest BCUT2D eigenvalue weighted by molar-refractivity contribution is 5.97. The van der Waals surface area contributed by atoms with Crippen LogP contribution in [-0.4, -0.2) is 12.5 Å². The third-order valence-corrected chi connectivity index (χ3v) is 3.53. The lowest BCUT2D eigenvalue weighted by Gasteiger charge is -2.27. The lowest BCUT2D eigenvalue weighted by Crippen LogP contribution is -2.36. The van der Waals surface area contributed by atoms with Crippen molar-refractivity contribution in [3.8, 4) is 0 Å². The summed E-state index contributed by atoms with van der Waals surface area (Å²) >= 11 is 0. The highest BCUT2D eigenvalue weighted by Gasteiger charge is 2.30. The largest absolute Gasteiger partial charge is 0.369 e. The monoisotopic (exact) mass is 269 g/mol. The number of anilines is 1. The van der Waals surface area contributed by atoms with Crippen molar-refractivity contribution in [1.29, 1.82) is 0 Å². The molecule has 0 radical (unpaired) electrons. The molecule has 1 aliphatic rings. The van der Waals surface area contributed by atoms with Gasteiger partial charge in [0.05, 0.1) is 12.6 Å². The van der Waals surface area contributed by atoms with E-state index in [9.17, 15) is 4.39 Å². The zero-order chi connectivity index (χ0) is 14.1. The maximum absolute atomic E-state index is 14.0. The van der Waals surface area contributed by atoms with Crippen molar-refractivity contribution >= 4 is 11.6 Å². The molecule has 2 aromatic rings. The lowest BCUT2D eigenvalue weighted by atomic mass is 10.0. The number of guanidine groups is 1. The molecule has 0 aromatic heterocycles. The van der Waals surface area contributed by atoms with Gasteiger partial charge in [0.15, 0.2) is 5.96 Å². The van der Waals surface area contributed by atoms with Crippen LogP contribution in [0.5, 0.6) is 0 Å². The Morgan fingerprint density at radius 3 is 2.75 bits per heavy atom.